The molecule has 0 aliphatic carbocycles. The molecule has 5 atom stereocenters. The van der Waals surface area contributed by atoms with Crippen LogP contribution in [0.25, 0.3) is 0 Å². The van der Waals surface area contributed by atoms with E-state index < -0.39 is 37.4 Å². The standard InChI is InChI=1S/C26H38FN3O6/c1-4-12-28-20(32)7-5-6-16-8-10-17(11-9-16)13-18-22(15(2)3)29-30-25(18)36-26-24(34)23(33)21(27)19(14-31)35-26/h8-11,15,19,21,23-24,26,31,33-34H,4-7,12-14H2,1-3H3,(H,28,32)(H,29,30)/t19-,21-,23+,24-,26+/m1/s1. The summed E-state index contributed by atoms with van der Waals surface area (Å²) in [6.45, 7) is 6.08. The van der Waals surface area contributed by atoms with Gasteiger partial charge in [0.05, 0.1) is 6.61 Å². The summed E-state index contributed by atoms with van der Waals surface area (Å²) in [6, 6.07) is 8.09. The monoisotopic (exact) mass is 507 g/mol. The molecule has 2 heterocycles. The van der Waals surface area contributed by atoms with Gasteiger partial charge in [-0.15, -0.1) is 5.10 Å². The molecule has 0 saturated carbocycles. The number of amides is 1. The number of aromatic nitrogens is 2. The van der Waals surface area contributed by atoms with E-state index in [0.29, 0.717) is 19.4 Å². The van der Waals surface area contributed by atoms with Gasteiger partial charge in [0.1, 0.15) is 18.3 Å². The average Bonchev–Trinajstić information content (AvgIpc) is 3.26. The third-order valence-corrected chi connectivity index (χ3v) is 6.31. The molecule has 9 nitrogen and oxygen atoms in total. The zero-order valence-corrected chi connectivity index (χ0v) is 21.1. The summed E-state index contributed by atoms with van der Waals surface area (Å²) >= 11 is 0. The number of H-pyrrole nitrogens is 1. The van der Waals surface area contributed by atoms with Crippen molar-refractivity contribution < 1.29 is 34.0 Å². The number of aliphatic hydroxyl groups is 3. The highest BCUT2D eigenvalue weighted by atomic mass is 19.1. The molecular weight excluding hydrogens is 469 g/mol. The lowest BCUT2D eigenvalue weighted by Gasteiger charge is -2.38. The van der Waals surface area contributed by atoms with Gasteiger partial charge in [-0.25, -0.2) is 4.39 Å². The number of rotatable bonds is 12. The first-order valence-electron chi connectivity index (χ1n) is 12.6. The molecule has 3 rings (SSSR count). The lowest BCUT2D eigenvalue weighted by molar-refractivity contribution is -0.265. The van der Waals surface area contributed by atoms with Crippen molar-refractivity contribution in [1.82, 2.24) is 15.5 Å². The van der Waals surface area contributed by atoms with Crippen LogP contribution in [0.1, 0.15) is 68.3 Å². The van der Waals surface area contributed by atoms with Gasteiger partial charge in [0.15, 0.2) is 6.17 Å². The minimum absolute atomic E-state index is 0.0779. The topological polar surface area (TPSA) is 137 Å². The molecule has 1 aliphatic rings. The summed E-state index contributed by atoms with van der Waals surface area (Å²) in [5.41, 5.74) is 3.76. The van der Waals surface area contributed by atoms with Crippen LogP contribution >= 0.6 is 0 Å². The van der Waals surface area contributed by atoms with Crippen molar-refractivity contribution in [3.8, 4) is 5.88 Å². The van der Waals surface area contributed by atoms with Crippen LogP contribution in [0, 0.1) is 0 Å². The Morgan fingerprint density at radius 2 is 1.92 bits per heavy atom. The summed E-state index contributed by atoms with van der Waals surface area (Å²) in [7, 11) is 0. The first-order valence-corrected chi connectivity index (χ1v) is 12.6. The number of hydrogen-bond acceptors (Lipinski definition) is 7. The minimum Gasteiger partial charge on any atom is -0.443 e. The molecule has 0 unspecified atom stereocenters. The van der Waals surface area contributed by atoms with E-state index in [1.807, 2.05) is 45.0 Å². The first kappa shape index (κ1) is 28.0. The summed E-state index contributed by atoms with van der Waals surface area (Å²) in [6.07, 6.45) is -4.54. The Morgan fingerprint density at radius 3 is 2.56 bits per heavy atom. The van der Waals surface area contributed by atoms with Gasteiger partial charge in [0.25, 0.3) is 0 Å². The number of halogens is 1. The number of alkyl halides is 1. The summed E-state index contributed by atoms with van der Waals surface area (Å²) in [5.74, 6) is 0.367. The van der Waals surface area contributed by atoms with Crippen LogP contribution in [0.15, 0.2) is 24.3 Å². The molecule has 0 radical (unpaired) electrons. The van der Waals surface area contributed by atoms with Crippen LogP contribution in [0.4, 0.5) is 4.39 Å². The molecular formula is C26H38FN3O6. The normalized spacial score (nSPS) is 24.2. The molecule has 2 aromatic rings. The highest BCUT2D eigenvalue weighted by Gasteiger charge is 2.46. The van der Waals surface area contributed by atoms with Crippen molar-refractivity contribution in [2.24, 2.45) is 0 Å². The van der Waals surface area contributed by atoms with Crippen molar-refractivity contribution in [2.45, 2.75) is 89.6 Å². The molecule has 200 valence electrons. The number of aliphatic hydroxyl groups excluding tert-OH is 3. The number of nitrogens with one attached hydrogen (secondary N) is 2. The molecule has 1 amide bonds. The maximum absolute atomic E-state index is 14.1. The molecule has 0 bridgehead atoms. The second kappa shape index (κ2) is 13.1. The van der Waals surface area contributed by atoms with Gasteiger partial charge in [-0.3, -0.25) is 9.89 Å². The number of aryl methyl sites for hydroxylation is 1. The zero-order valence-electron chi connectivity index (χ0n) is 21.1. The van der Waals surface area contributed by atoms with Gasteiger partial charge in [-0.05, 0) is 36.3 Å². The molecule has 10 heteroatoms. The first-order chi connectivity index (χ1) is 17.2. The SMILES string of the molecule is CCCNC(=O)CCCc1ccc(Cc2c(O[C@@H]3O[C@H](CO)[C@@H](F)[C@H](O)[C@H]3O)n[nH]c2C(C)C)cc1. The third kappa shape index (κ3) is 7.03. The largest absolute Gasteiger partial charge is 0.443 e. The number of benzene rings is 1. The van der Waals surface area contributed by atoms with Gasteiger partial charge in [0.2, 0.25) is 18.1 Å². The van der Waals surface area contributed by atoms with E-state index in [1.165, 1.54) is 0 Å². The highest BCUT2D eigenvalue weighted by Crippen LogP contribution is 2.31. The third-order valence-electron chi connectivity index (χ3n) is 6.31. The van der Waals surface area contributed by atoms with Crippen molar-refractivity contribution in [3.05, 3.63) is 46.6 Å². The lowest BCUT2D eigenvalue weighted by atomic mass is 9.98. The predicted molar refractivity (Wildman–Crippen MR) is 131 cm³/mol. The summed E-state index contributed by atoms with van der Waals surface area (Å²) < 4.78 is 25.2. The van der Waals surface area contributed by atoms with Crippen molar-refractivity contribution in [3.63, 3.8) is 0 Å². The Kier molecular flexibility index (Phi) is 10.2. The number of hydrogen-bond donors (Lipinski definition) is 5. The maximum atomic E-state index is 14.1. The average molecular weight is 508 g/mol. The fraction of sp³-hybridized carbons (Fsp3) is 0.615. The quantitative estimate of drug-likeness (QED) is 0.297. The zero-order chi connectivity index (χ0) is 26.2. The number of carbonyl (C=O) groups excluding carboxylic acids is 1. The van der Waals surface area contributed by atoms with E-state index >= 15 is 0 Å². The number of carbonyl (C=O) groups is 1. The van der Waals surface area contributed by atoms with E-state index in [0.717, 1.165) is 41.6 Å². The summed E-state index contributed by atoms with van der Waals surface area (Å²) in [5, 5.41) is 39.7. The molecule has 36 heavy (non-hydrogen) atoms. The molecule has 0 spiro atoms. The van der Waals surface area contributed by atoms with Gasteiger partial charge >= 0.3 is 0 Å². The van der Waals surface area contributed by atoms with E-state index in [-0.39, 0.29) is 17.7 Å². The fourth-order valence-corrected chi connectivity index (χ4v) is 4.19. The molecule has 1 aromatic heterocycles. The van der Waals surface area contributed by atoms with E-state index in [2.05, 4.69) is 15.5 Å². The van der Waals surface area contributed by atoms with Crippen LogP contribution < -0.4 is 10.1 Å². The van der Waals surface area contributed by atoms with Crippen LogP contribution in [0.3, 0.4) is 0 Å². The molecule has 1 aromatic carbocycles. The van der Waals surface area contributed by atoms with Crippen molar-refractivity contribution in [1.29, 1.82) is 0 Å². The predicted octanol–water partition coefficient (Wildman–Crippen LogP) is 2.13. The Hall–Kier alpha value is -2.53. The van der Waals surface area contributed by atoms with Crippen molar-refractivity contribution in [2.75, 3.05) is 13.2 Å². The van der Waals surface area contributed by atoms with Gasteiger partial charge in [-0.2, -0.15) is 0 Å². The van der Waals surface area contributed by atoms with Crippen LogP contribution in [0.5, 0.6) is 5.88 Å². The molecule has 1 saturated heterocycles. The maximum Gasteiger partial charge on any atom is 0.238 e. The Labute approximate surface area is 211 Å². The Balaban J connectivity index is 1.67. The lowest BCUT2D eigenvalue weighted by Crippen LogP contribution is -2.58. The molecule has 5 N–H and O–H groups in total. The number of ether oxygens (including phenoxy) is 2. The molecule has 1 fully saturated rings. The van der Waals surface area contributed by atoms with Crippen LogP contribution in [0.2, 0.25) is 0 Å². The van der Waals surface area contributed by atoms with E-state index in [4.69, 9.17) is 9.47 Å². The number of nitrogens with zero attached hydrogens (tertiary/aromatic N) is 1. The Morgan fingerprint density at radius 1 is 1.22 bits per heavy atom. The highest BCUT2D eigenvalue weighted by molar-refractivity contribution is 5.75. The van der Waals surface area contributed by atoms with E-state index in [1.54, 1.807) is 0 Å². The second-order valence-corrected chi connectivity index (χ2v) is 9.54. The van der Waals surface area contributed by atoms with Gasteiger partial charge in [-0.1, -0.05) is 45.0 Å². The van der Waals surface area contributed by atoms with E-state index in [9.17, 15) is 24.5 Å². The fourth-order valence-electron chi connectivity index (χ4n) is 4.19. The summed E-state index contributed by atoms with van der Waals surface area (Å²) in [4.78, 5) is 11.8. The van der Waals surface area contributed by atoms with Crippen molar-refractivity contribution >= 4 is 5.91 Å². The number of aromatic amines is 1. The second-order valence-electron chi connectivity index (χ2n) is 9.54. The molecule has 1 aliphatic heterocycles. The van der Waals surface area contributed by atoms with Gasteiger partial charge in [0, 0.05) is 30.6 Å². The minimum atomic E-state index is -1.93. The smallest absolute Gasteiger partial charge is 0.238 e. The van der Waals surface area contributed by atoms with Crippen LogP contribution in [-0.4, -0.2) is 75.3 Å². The Bertz CT molecular complexity index is 965. The van der Waals surface area contributed by atoms with Gasteiger partial charge < -0.3 is 30.1 Å². The van der Waals surface area contributed by atoms with Crippen LogP contribution in [-0.2, 0) is 22.4 Å².